The quantitative estimate of drug-likeness (QED) is 0.531. The van der Waals surface area contributed by atoms with Gasteiger partial charge in [0.2, 0.25) is 0 Å². The minimum atomic E-state index is -0.145. The van der Waals surface area contributed by atoms with Crippen LogP contribution in [0.1, 0.15) is 39.5 Å². The second kappa shape index (κ2) is 8.37. The van der Waals surface area contributed by atoms with Crippen molar-refractivity contribution < 1.29 is 0 Å². The molecule has 18 heavy (non-hydrogen) atoms. The molecule has 1 unspecified atom stereocenters. The van der Waals surface area contributed by atoms with Crippen LogP contribution in [0.25, 0.3) is 0 Å². The highest BCUT2D eigenvalue weighted by Crippen LogP contribution is 2.15. The van der Waals surface area contributed by atoms with E-state index in [9.17, 15) is 4.79 Å². The summed E-state index contributed by atoms with van der Waals surface area (Å²) in [5, 5.41) is 10.7. The zero-order valence-corrected chi connectivity index (χ0v) is 12.3. The Morgan fingerprint density at radius 1 is 1.50 bits per heavy atom. The van der Waals surface area contributed by atoms with Crippen molar-refractivity contribution in [1.29, 1.82) is 0 Å². The van der Waals surface area contributed by atoms with Gasteiger partial charge in [0.1, 0.15) is 0 Å². The fourth-order valence-electron chi connectivity index (χ4n) is 1.75. The number of aromatic nitrogens is 3. The molecule has 1 aromatic rings. The molecule has 0 fully saturated rings. The van der Waals surface area contributed by atoms with Gasteiger partial charge in [-0.15, -0.1) is 5.10 Å². The highest BCUT2D eigenvalue weighted by molar-refractivity contribution is 7.99. The molecule has 6 heteroatoms. The summed E-state index contributed by atoms with van der Waals surface area (Å²) in [5.74, 6) is 1.00. The molecule has 1 rings (SSSR count). The van der Waals surface area contributed by atoms with Crippen LogP contribution < -0.4 is 11.0 Å². The van der Waals surface area contributed by atoms with Crippen LogP contribution in [0.3, 0.4) is 0 Å². The van der Waals surface area contributed by atoms with Crippen molar-refractivity contribution >= 4 is 11.8 Å². The van der Waals surface area contributed by atoms with Crippen LogP contribution in [-0.2, 0) is 7.05 Å². The van der Waals surface area contributed by atoms with E-state index in [1.165, 1.54) is 19.3 Å². The van der Waals surface area contributed by atoms with Gasteiger partial charge in [-0.2, -0.15) is 0 Å². The molecular formula is C12H24N4OS. The number of nitrogens with zero attached hydrogens (tertiary/aromatic N) is 2. The molecule has 0 saturated carbocycles. The molecule has 1 aromatic heterocycles. The predicted molar refractivity (Wildman–Crippen MR) is 76.2 cm³/mol. The lowest BCUT2D eigenvalue weighted by atomic mass is 10.1. The summed E-state index contributed by atoms with van der Waals surface area (Å²) in [6.07, 6.45) is 4.68. The van der Waals surface area contributed by atoms with Crippen molar-refractivity contribution in [3.8, 4) is 0 Å². The van der Waals surface area contributed by atoms with E-state index in [0.717, 1.165) is 23.9 Å². The minimum absolute atomic E-state index is 0.145. The Bertz CT molecular complexity index is 388. The number of hydrogen-bond acceptors (Lipinski definition) is 4. The third kappa shape index (κ3) is 4.86. The zero-order valence-electron chi connectivity index (χ0n) is 11.5. The summed E-state index contributed by atoms with van der Waals surface area (Å²) in [7, 11) is 1.74. The smallest absolute Gasteiger partial charge is 0.314 e. The first kappa shape index (κ1) is 15.3. The molecule has 0 radical (unpaired) electrons. The molecule has 1 heterocycles. The molecule has 0 spiro atoms. The lowest BCUT2D eigenvalue weighted by molar-refractivity contribution is 0.465. The number of H-pyrrole nitrogens is 1. The van der Waals surface area contributed by atoms with Gasteiger partial charge in [0.05, 0.1) is 0 Å². The van der Waals surface area contributed by atoms with Crippen LogP contribution in [0, 0.1) is 0 Å². The Labute approximate surface area is 113 Å². The van der Waals surface area contributed by atoms with E-state index in [4.69, 9.17) is 0 Å². The molecule has 0 amide bonds. The van der Waals surface area contributed by atoms with Gasteiger partial charge < -0.3 is 5.32 Å². The maximum absolute atomic E-state index is 11.2. The highest BCUT2D eigenvalue weighted by Gasteiger charge is 2.07. The van der Waals surface area contributed by atoms with Crippen LogP contribution >= 0.6 is 11.8 Å². The number of aromatic amines is 1. The van der Waals surface area contributed by atoms with E-state index < -0.39 is 0 Å². The SMILES string of the molecule is CCCNC(CC)CCCSc1n[nH]c(=O)n1C. The summed E-state index contributed by atoms with van der Waals surface area (Å²) in [6, 6.07) is 0.619. The van der Waals surface area contributed by atoms with Gasteiger partial charge in [0.15, 0.2) is 5.16 Å². The third-order valence-corrected chi connectivity index (χ3v) is 4.06. The van der Waals surface area contributed by atoms with Gasteiger partial charge in [-0.05, 0) is 32.2 Å². The standard InChI is InChI=1S/C12H24N4OS/c1-4-8-13-10(5-2)7-6-9-18-12-15-14-11(17)16(12)3/h10,13H,4-9H2,1-3H3,(H,14,17). The average Bonchev–Trinajstić information content (AvgIpc) is 2.69. The van der Waals surface area contributed by atoms with E-state index in [1.807, 2.05) is 0 Å². The largest absolute Gasteiger partial charge is 0.343 e. The molecule has 1 atom stereocenters. The Hall–Kier alpha value is -0.750. The predicted octanol–water partition coefficient (Wildman–Crippen LogP) is 1.76. The summed E-state index contributed by atoms with van der Waals surface area (Å²) in [6.45, 7) is 5.51. The van der Waals surface area contributed by atoms with E-state index >= 15 is 0 Å². The van der Waals surface area contributed by atoms with Gasteiger partial charge in [0, 0.05) is 18.8 Å². The van der Waals surface area contributed by atoms with Crippen molar-refractivity contribution in [1.82, 2.24) is 20.1 Å². The molecule has 2 N–H and O–H groups in total. The molecule has 5 nitrogen and oxygen atoms in total. The number of rotatable bonds is 9. The Kier molecular flexibility index (Phi) is 7.12. The second-order valence-corrected chi connectivity index (χ2v) is 5.48. The molecule has 0 aromatic carbocycles. The van der Waals surface area contributed by atoms with Crippen molar-refractivity contribution in [2.24, 2.45) is 7.05 Å². The Balaban J connectivity index is 2.21. The summed E-state index contributed by atoms with van der Waals surface area (Å²) in [5.41, 5.74) is -0.145. The van der Waals surface area contributed by atoms with Crippen molar-refractivity contribution in [2.45, 2.75) is 50.7 Å². The average molecular weight is 272 g/mol. The first-order chi connectivity index (χ1) is 8.69. The Morgan fingerprint density at radius 3 is 2.83 bits per heavy atom. The summed E-state index contributed by atoms with van der Waals surface area (Å²) < 4.78 is 1.55. The monoisotopic (exact) mass is 272 g/mol. The number of thioether (sulfide) groups is 1. The summed E-state index contributed by atoms with van der Waals surface area (Å²) >= 11 is 1.64. The third-order valence-electron chi connectivity index (χ3n) is 2.94. The highest BCUT2D eigenvalue weighted by atomic mass is 32.2. The van der Waals surface area contributed by atoms with E-state index in [-0.39, 0.29) is 5.69 Å². The van der Waals surface area contributed by atoms with E-state index in [2.05, 4.69) is 29.4 Å². The first-order valence-electron chi connectivity index (χ1n) is 6.66. The van der Waals surface area contributed by atoms with Crippen LogP contribution in [0.5, 0.6) is 0 Å². The summed E-state index contributed by atoms with van der Waals surface area (Å²) in [4.78, 5) is 11.2. The topological polar surface area (TPSA) is 62.7 Å². The number of nitrogens with one attached hydrogen (secondary N) is 2. The first-order valence-corrected chi connectivity index (χ1v) is 7.65. The van der Waals surface area contributed by atoms with Crippen LogP contribution in [0.15, 0.2) is 9.95 Å². The molecule has 0 bridgehead atoms. The van der Waals surface area contributed by atoms with Crippen LogP contribution in [0.4, 0.5) is 0 Å². The van der Waals surface area contributed by atoms with E-state index in [1.54, 1.807) is 23.4 Å². The fourth-order valence-corrected chi connectivity index (χ4v) is 2.63. The second-order valence-electron chi connectivity index (χ2n) is 4.42. The Morgan fingerprint density at radius 2 is 2.28 bits per heavy atom. The van der Waals surface area contributed by atoms with E-state index in [0.29, 0.717) is 6.04 Å². The van der Waals surface area contributed by atoms with Gasteiger partial charge in [0.25, 0.3) is 0 Å². The zero-order chi connectivity index (χ0) is 13.4. The minimum Gasteiger partial charge on any atom is -0.314 e. The lowest BCUT2D eigenvalue weighted by Gasteiger charge is -2.15. The van der Waals surface area contributed by atoms with Crippen molar-refractivity contribution in [3.05, 3.63) is 10.5 Å². The molecule has 0 aliphatic heterocycles. The maximum Gasteiger partial charge on any atom is 0.343 e. The molecule has 0 saturated heterocycles. The van der Waals surface area contributed by atoms with Gasteiger partial charge in [-0.1, -0.05) is 25.6 Å². The normalized spacial score (nSPS) is 12.8. The molecular weight excluding hydrogens is 248 g/mol. The molecule has 104 valence electrons. The van der Waals surface area contributed by atoms with Gasteiger partial charge >= 0.3 is 5.69 Å². The van der Waals surface area contributed by atoms with Gasteiger partial charge in [-0.25, -0.2) is 9.89 Å². The van der Waals surface area contributed by atoms with Crippen molar-refractivity contribution in [2.75, 3.05) is 12.3 Å². The lowest BCUT2D eigenvalue weighted by Crippen LogP contribution is -2.29. The maximum atomic E-state index is 11.2. The van der Waals surface area contributed by atoms with Crippen LogP contribution in [-0.4, -0.2) is 33.1 Å². The molecule has 0 aliphatic rings. The number of hydrogen-bond donors (Lipinski definition) is 2. The fraction of sp³-hybridized carbons (Fsp3) is 0.833. The molecule has 0 aliphatic carbocycles. The van der Waals surface area contributed by atoms with Gasteiger partial charge in [-0.3, -0.25) is 4.57 Å². The van der Waals surface area contributed by atoms with Crippen molar-refractivity contribution in [3.63, 3.8) is 0 Å². The van der Waals surface area contributed by atoms with Crippen LogP contribution in [0.2, 0.25) is 0 Å².